The van der Waals surface area contributed by atoms with Crippen LogP contribution in [0.1, 0.15) is 55.8 Å². The molecule has 0 bridgehead atoms. The van der Waals surface area contributed by atoms with Gasteiger partial charge in [0.1, 0.15) is 23.7 Å². The number of unbranched alkanes of at least 4 members (excludes halogenated alkanes) is 5. The van der Waals surface area contributed by atoms with Gasteiger partial charge in [-0.3, -0.25) is 9.59 Å². The molecule has 0 spiro atoms. The van der Waals surface area contributed by atoms with Crippen molar-refractivity contribution >= 4 is 11.9 Å². The van der Waals surface area contributed by atoms with Crippen LogP contribution >= 0.6 is 0 Å². The van der Waals surface area contributed by atoms with Crippen LogP contribution in [-0.4, -0.2) is 37.0 Å². The van der Waals surface area contributed by atoms with Crippen LogP contribution in [0.3, 0.4) is 0 Å². The maximum Gasteiger partial charge on any atom is 0.325 e. The van der Waals surface area contributed by atoms with Gasteiger partial charge in [0, 0.05) is 7.05 Å². The number of benzene rings is 1. The summed E-state index contributed by atoms with van der Waals surface area (Å²) in [6.45, 7) is 2.09. The predicted molar refractivity (Wildman–Crippen MR) is 87.7 cm³/mol. The van der Waals surface area contributed by atoms with E-state index in [0.717, 1.165) is 36.3 Å². The number of amides is 1. The van der Waals surface area contributed by atoms with Gasteiger partial charge in [0.15, 0.2) is 0 Å². The average Bonchev–Trinajstić information content (AvgIpc) is 2.53. The van der Waals surface area contributed by atoms with Gasteiger partial charge >= 0.3 is 5.97 Å². The van der Waals surface area contributed by atoms with E-state index in [0.29, 0.717) is 6.61 Å². The van der Waals surface area contributed by atoms with Crippen molar-refractivity contribution in [2.75, 3.05) is 20.2 Å². The summed E-state index contributed by atoms with van der Waals surface area (Å²) in [4.78, 5) is 24.7. The molecule has 0 N–H and O–H groups in total. The minimum Gasteiger partial charge on any atom is -0.464 e. The average molecular weight is 341 g/mol. The fourth-order valence-corrected chi connectivity index (χ4v) is 2.27. The van der Waals surface area contributed by atoms with Gasteiger partial charge in [-0.1, -0.05) is 45.1 Å². The van der Waals surface area contributed by atoms with Gasteiger partial charge in [-0.2, -0.15) is 0 Å². The third-order valence-corrected chi connectivity index (χ3v) is 3.65. The highest BCUT2D eigenvalue weighted by atomic mass is 19.1. The number of rotatable bonds is 10. The van der Waals surface area contributed by atoms with E-state index in [1.807, 2.05) is 0 Å². The quantitative estimate of drug-likeness (QED) is 0.478. The number of nitrogens with zero attached hydrogens (tertiary/aromatic N) is 1. The minimum atomic E-state index is -0.952. The van der Waals surface area contributed by atoms with Crippen molar-refractivity contribution in [2.45, 2.75) is 45.4 Å². The van der Waals surface area contributed by atoms with Crippen LogP contribution in [0.2, 0.25) is 0 Å². The lowest BCUT2D eigenvalue weighted by atomic mass is 10.1. The largest absolute Gasteiger partial charge is 0.464 e. The lowest BCUT2D eigenvalue weighted by Gasteiger charge is -2.17. The Morgan fingerprint density at radius 2 is 1.62 bits per heavy atom. The van der Waals surface area contributed by atoms with Gasteiger partial charge < -0.3 is 9.64 Å². The number of hydrogen-bond donors (Lipinski definition) is 0. The number of likely N-dealkylation sites (N-methyl/N-ethyl adjacent to an activating group) is 1. The molecule has 1 aromatic carbocycles. The predicted octanol–water partition coefficient (Wildman–Crippen LogP) is 3.94. The first-order valence-corrected chi connectivity index (χ1v) is 8.32. The molecule has 1 amide bonds. The Kier molecular flexibility index (Phi) is 8.97. The zero-order chi connectivity index (χ0) is 17.9. The number of halogens is 2. The molecule has 0 unspecified atom stereocenters. The lowest BCUT2D eigenvalue weighted by Crippen LogP contribution is -2.34. The molecule has 1 aromatic rings. The summed E-state index contributed by atoms with van der Waals surface area (Å²) in [5, 5.41) is 0. The van der Waals surface area contributed by atoms with E-state index in [1.165, 1.54) is 32.4 Å². The number of carbonyl (C=O) groups excluding carboxylic acids is 2. The Balaban J connectivity index is 2.35. The molecule has 0 fully saturated rings. The molecule has 0 saturated heterocycles. The molecule has 0 atom stereocenters. The van der Waals surface area contributed by atoms with Crippen molar-refractivity contribution in [3.63, 3.8) is 0 Å². The first-order chi connectivity index (χ1) is 11.5. The van der Waals surface area contributed by atoms with Crippen LogP contribution in [0, 0.1) is 11.6 Å². The molecule has 0 aliphatic rings. The molecular formula is C18H25F2NO3. The Morgan fingerprint density at radius 1 is 1.04 bits per heavy atom. The highest BCUT2D eigenvalue weighted by Gasteiger charge is 2.22. The molecule has 0 radical (unpaired) electrons. The van der Waals surface area contributed by atoms with Crippen molar-refractivity contribution < 1.29 is 23.1 Å². The number of hydrogen-bond acceptors (Lipinski definition) is 3. The Labute approximate surface area is 141 Å². The monoisotopic (exact) mass is 341 g/mol. The van der Waals surface area contributed by atoms with Crippen molar-refractivity contribution in [3.8, 4) is 0 Å². The van der Waals surface area contributed by atoms with E-state index in [2.05, 4.69) is 6.92 Å². The van der Waals surface area contributed by atoms with Crippen LogP contribution in [-0.2, 0) is 9.53 Å². The molecule has 0 heterocycles. The summed E-state index contributed by atoms with van der Waals surface area (Å²) < 4.78 is 32.2. The SMILES string of the molecule is CCCCCCCCOC(=O)CN(C)C(=O)c1c(F)cccc1F. The minimum absolute atomic E-state index is 0.293. The summed E-state index contributed by atoms with van der Waals surface area (Å²) in [5.41, 5.74) is -0.663. The van der Waals surface area contributed by atoms with Crippen molar-refractivity contribution in [1.82, 2.24) is 4.90 Å². The van der Waals surface area contributed by atoms with Gasteiger partial charge in [-0.15, -0.1) is 0 Å². The highest BCUT2D eigenvalue weighted by molar-refractivity contribution is 5.96. The lowest BCUT2D eigenvalue weighted by molar-refractivity contribution is -0.144. The van der Waals surface area contributed by atoms with E-state index in [9.17, 15) is 18.4 Å². The zero-order valence-corrected chi connectivity index (χ0v) is 14.3. The fourth-order valence-electron chi connectivity index (χ4n) is 2.27. The molecule has 0 aromatic heterocycles. The van der Waals surface area contributed by atoms with Crippen molar-refractivity contribution in [2.24, 2.45) is 0 Å². The second-order valence-electron chi connectivity index (χ2n) is 5.75. The van der Waals surface area contributed by atoms with Crippen molar-refractivity contribution in [1.29, 1.82) is 0 Å². The topological polar surface area (TPSA) is 46.6 Å². The van der Waals surface area contributed by atoms with Crippen LogP contribution in [0.15, 0.2) is 18.2 Å². The second kappa shape index (κ2) is 10.7. The third-order valence-electron chi connectivity index (χ3n) is 3.65. The number of ether oxygens (including phenoxy) is 1. The van der Waals surface area contributed by atoms with Gasteiger partial charge in [0.2, 0.25) is 0 Å². The van der Waals surface area contributed by atoms with Crippen molar-refractivity contribution in [3.05, 3.63) is 35.4 Å². The summed E-state index contributed by atoms with van der Waals surface area (Å²) in [6.07, 6.45) is 6.43. The molecule has 0 saturated carbocycles. The zero-order valence-electron chi connectivity index (χ0n) is 14.3. The normalized spacial score (nSPS) is 10.5. The fraction of sp³-hybridized carbons (Fsp3) is 0.556. The molecule has 1 rings (SSSR count). The molecule has 24 heavy (non-hydrogen) atoms. The van der Waals surface area contributed by atoms with E-state index < -0.39 is 29.1 Å². The summed E-state index contributed by atoms with van der Waals surface area (Å²) in [7, 11) is 1.31. The van der Waals surface area contributed by atoms with Crippen LogP contribution in [0.5, 0.6) is 0 Å². The number of esters is 1. The maximum atomic E-state index is 13.6. The maximum absolute atomic E-state index is 13.6. The first kappa shape index (κ1) is 20.1. The molecular weight excluding hydrogens is 316 g/mol. The van der Waals surface area contributed by atoms with Crippen LogP contribution < -0.4 is 0 Å². The van der Waals surface area contributed by atoms with E-state index in [-0.39, 0.29) is 6.54 Å². The summed E-state index contributed by atoms with van der Waals surface area (Å²) in [6, 6.07) is 3.18. The van der Waals surface area contributed by atoms with Gasteiger partial charge in [0.05, 0.1) is 6.61 Å². The van der Waals surface area contributed by atoms with Crippen LogP contribution in [0.4, 0.5) is 8.78 Å². The molecule has 0 aliphatic carbocycles. The van der Waals surface area contributed by atoms with Gasteiger partial charge in [-0.25, -0.2) is 8.78 Å². The molecule has 134 valence electrons. The number of carbonyl (C=O) groups is 2. The van der Waals surface area contributed by atoms with Crippen LogP contribution in [0.25, 0.3) is 0 Å². The van der Waals surface area contributed by atoms with Gasteiger partial charge in [0.25, 0.3) is 5.91 Å². The molecule has 0 aliphatic heterocycles. The van der Waals surface area contributed by atoms with E-state index in [4.69, 9.17) is 4.74 Å². The Morgan fingerprint density at radius 3 is 2.25 bits per heavy atom. The second-order valence-corrected chi connectivity index (χ2v) is 5.75. The Hall–Kier alpha value is -1.98. The molecule has 4 nitrogen and oxygen atoms in total. The third kappa shape index (κ3) is 6.64. The van der Waals surface area contributed by atoms with E-state index >= 15 is 0 Å². The molecule has 6 heteroatoms. The standard InChI is InChI=1S/C18H25F2NO3/c1-3-4-5-6-7-8-12-24-16(22)13-21(2)18(23)17-14(19)10-9-11-15(17)20/h9-11H,3-8,12-13H2,1-2H3. The smallest absolute Gasteiger partial charge is 0.325 e. The van der Waals surface area contributed by atoms with Gasteiger partial charge in [-0.05, 0) is 18.6 Å². The Bertz CT molecular complexity index is 529. The van der Waals surface area contributed by atoms with E-state index in [1.54, 1.807) is 0 Å². The first-order valence-electron chi connectivity index (χ1n) is 8.32. The summed E-state index contributed by atoms with van der Waals surface area (Å²) >= 11 is 0. The highest BCUT2D eigenvalue weighted by Crippen LogP contribution is 2.14. The summed E-state index contributed by atoms with van der Waals surface area (Å²) in [5.74, 6) is -3.38.